The lowest BCUT2D eigenvalue weighted by Gasteiger charge is -2.46. The number of ether oxygens (including phenoxy) is 2. The Labute approximate surface area is 159 Å². The summed E-state index contributed by atoms with van der Waals surface area (Å²) in [7, 11) is 3.53. The first-order chi connectivity index (χ1) is 12.7. The summed E-state index contributed by atoms with van der Waals surface area (Å²) in [6.07, 6.45) is 9.37. The lowest BCUT2D eigenvalue weighted by molar-refractivity contribution is 0.0565. The minimum Gasteiger partial charge on any atom is -0.497 e. The van der Waals surface area contributed by atoms with Crippen LogP contribution in [0.1, 0.15) is 50.5 Å². The molecule has 1 spiro atoms. The summed E-state index contributed by atoms with van der Waals surface area (Å²) in [5.74, 6) is 0.935. The molecule has 1 aromatic rings. The molecule has 2 aliphatic rings. The molecule has 0 aromatic heterocycles. The van der Waals surface area contributed by atoms with Crippen LogP contribution < -0.4 is 10.1 Å². The van der Waals surface area contributed by atoms with Crippen molar-refractivity contribution in [2.45, 2.75) is 57.5 Å². The van der Waals surface area contributed by atoms with Gasteiger partial charge in [0.25, 0.3) is 0 Å². The Morgan fingerprint density at radius 2 is 1.73 bits per heavy atom. The third-order valence-electron chi connectivity index (χ3n) is 6.53. The molecule has 1 aromatic carbocycles. The quantitative estimate of drug-likeness (QED) is 0.714. The van der Waals surface area contributed by atoms with E-state index in [0.29, 0.717) is 5.41 Å². The molecule has 1 aliphatic heterocycles. The number of hydrogen-bond acceptors (Lipinski definition) is 4. The Morgan fingerprint density at radius 1 is 1.04 bits per heavy atom. The molecular formula is C22H36N2O2. The fourth-order valence-electron chi connectivity index (χ4n) is 4.81. The van der Waals surface area contributed by atoms with Crippen molar-refractivity contribution in [2.24, 2.45) is 5.41 Å². The number of benzene rings is 1. The molecule has 0 bridgehead atoms. The van der Waals surface area contributed by atoms with E-state index in [4.69, 9.17) is 9.47 Å². The van der Waals surface area contributed by atoms with Crippen molar-refractivity contribution in [2.75, 3.05) is 40.5 Å². The predicted octanol–water partition coefficient (Wildman–Crippen LogP) is 3.85. The zero-order chi connectivity index (χ0) is 18.2. The van der Waals surface area contributed by atoms with Gasteiger partial charge >= 0.3 is 0 Å². The van der Waals surface area contributed by atoms with Crippen molar-refractivity contribution in [1.29, 1.82) is 0 Å². The first kappa shape index (κ1) is 19.7. The maximum atomic E-state index is 5.30. The SMILES string of the molecule is COCCCN(Cc1ccc(OC)cc1)C1CCC2(CCNCC2)CC1. The fraction of sp³-hybridized carbons (Fsp3) is 0.727. The third kappa shape index (κ3) is 5.21. The number of nitrogens with one attached hydrogen (secondary N) is 1. The van der Waals surface area contributed by atoms with E-state index >= 15 is 0 Å². The Hall–Kier alpha value is -1.10. The largest absolute Gasteiger partial charge is 0.497 e. The van der Waals surface area contributed by atoms with Gasteiger partial charge in [0.1, 0.15) is 5.75 Å². The molecule has 0 atom stereocenters. The number of hydrogen-bond donors (Lipinski definition) is 1. The van der Waals surface area contributed by atoms with Crippen molar-refractivity contribution in [3.05, 3.63) is 29.8 Å². The second-order valence-corrected chi connectivity index (χ2v) is 8.15. The van der Waals surface area contributed by atoms with Crippen LogP contribution >= 0.6 is 0 Å². The normalized spacial score (nSPS) is 20.6. The summed E-state index contributed by atoms with van der Waals surface area (Å²) in [4.78, 5) is 2.70. The smallest absolute Gasteiger partial charge is 0.118 e. The van der Waals surface area contributed by atoms with Crippen LogP contribution in [0.3, 0.4) is 0 Å². The van der Waals surface area contributed by atoms with Gasteiger partial charge in [-0.05, 0) is 81.1 Å². The third-order valence-corrected chi connectivity index (χ3v) is 6.53. The summed E-state index contributed by atoms with van der Waals surface area (Å²) in [6.45, 7) is 5.44. The van der Waals surface area contributed by atoms with Crippen LogP contribution in [-0.2, 0) is 11.3 Å². The van der Waals surface area contributed by atoms with E-state index < -0.39 is 0 Å². The summed E-state index contributed by atoms with van der Waals surface area (Å²) >= 11 is 0. The van der Waals surface area contributed by atoms with Crippen molar-refractivity contribution >= 4 is 0 Å². The second-order valence-electron chi connectivity index (χ2n) is 8.15. The highest BCUT2D eigenvalue weighted by molar-refractivity contribution is 5.27. The molecule has 3 rings (SSSR count). The summed E-state index contributed by atoms with van der Waals surface area (Å²) < 4.78 is 10.6. The Bertz CT molecular complexity index is 515. The van der Waals surface area contributed by atoms with Crippen LogP contribution in [0.5, 0.6) is 5.75 Å². The molecule has 1 saturated heterocycles. The molecule has 4 heteroatoms. The minimum atomic E-state index is 0.639. The average Bonchev–Trinajstić information content (AvgIpc) is 2.69. The standard InChI is InChI=1S/C22H36N2O2/c1-25-17-3-16-24(18-19-4-6-21(26-2)7-5-19)20-8-10-22(11-9-20)12-14-23-15-13-22/h4-7,20,23H,3,8-18H2,1-2H3. The molecule has 2 fully saturated rings. The van der Waals surface area contributed by atoms with Gasteiger partial charge in [-0.1, -0.05) is 12.1 Å². The molecule has 0 radical (unpaired) electrons. The first-order valence-electron chi connectivity index (χ1n) is 10.3. The zero-order valence-electron chi connectivity index (χ0n) is 16.6. The molecule has 1 N–H and O–H groups in total. The summed E-state index contributed by atoms with van der Waals surface area (Å²) in [5.41, 5.74) is 2.02. The van der Waals surface area contributed by atoms with Gasteiger partial charge in [-0.15, -0.1) is 0 Å². The van der Waals surface area contributed by atoms with Gasteiger partial charge in [0.15, 0.2) is 0 Å². The summed E-state index contributed by atoms with van der Waals surface area (Å²) in [5, 5.41) is 3.53. The maximum Gasteiger partial charge on any atom is 0.118 e. The van der Waals surface area contributed by atoms with Crippen LogP contribution in [-0.4, -0.2) is 51.4 Å². The van der Waals surface area contributed by atoms with Gasteiger partial charge in [-0.2, -0.15) is 0 Å². The fourth-order valence-corrected chi connectivity index (χ4v) is 4.81. The van der Waals surface area contributed by atoms with E-state index in [0.717, 1.165) is 37.9 Å². The zero-order valence-corrected chi connectivity index (χ0v) is 16.6. The van der Waals surface area contributed by atoms with Crippen LogP contribution in [0, 0.1) is 5.41 Å². The minimum absolute atomic E-state index is 0.639. The number of methoxy groups -OCH3 is 2. The molecule has 146 valence electrons. The van der Waals surface area contributed by atoms with Crippen molar-refractivity contribution in [3.63, 3.8) is 0 Å². The van der Waals surface area contributed by atoms with Gasteiger partial charge in [0, 0.05) is 32.8 Å². The Kier molecular flexibility index (Phi) is 7.35. The monoisotopic (exact) mass is 360 g/mol. The molecule has 0 amide bonds. The average molecular weight is 361 g/mol. The highest BCUT2D eigenvalue weighted by atomic mass is 16.5. The molecule has 26 heavy (non-hydrogen) atoms. The van der Waals surface area contributed by atoms with Gasteiger partial charge in [-0.25, -0.2) is 0 Å². The van der Waals surface area contributed by atoms with Gasteiger partial charge in [0.2, 0.25) is 0 Å². The van der Waals surface area contributed by atoms with E-state index in [1.165, 1.54) is 57.2 Å². The highest BCUT2D eigenvalue weighted by Crippen LogP contribution is 2.44. The Balaban J connectivity index is 1.59. The van der Waals surface area contributed by atoms with Gasteiger partial charge < -0.3 is 14.8 Å². The lowest BCUT2D eigenvalue weighted by atomic mass is 9.67. The first-order valence-corrected chi connectivity index (χ1v) is 10.3. The molecule has 1 saturated carbocycles. The topological polar surface area (TPSA) is 33.7 Å². The number of piperidine rings is 1. The maximum absolute atomic E-state index is 5.30. The molecular weight excluding hydrogens is 324 g/mol. The summed E-state index contributed by atoms with van der Waals surface area (Å²) in [6, 6.07) is 9.29. The molecule has 0 unspecified atom stereocenters. The number of rotatable bonds is 8. The number of nitrogens with zero attached hydrogens (tertiary/aromatic N) is 1. The van der Waals surface area contributed by atoms with E-state index in [1.807, 2.05) is 0 Å². The van der Waals surface area contributed by atoms with Gasteiger partial charge in [-0.3, -0.25) is 4.90 Å². The van der Waals surface area contributed by atoms with Crippen molar-refractivity contribution in [3.8, 4) is 5.75 Å². The molecule has 1 heterocycles. The van der Waals surface area contributed by atoms with E-state index in [2.05, 4.69) is 34.5 Å². The van der Waals surface area contributed by atoms with E-state index in [9.17, 15) is 0 Å². The van der Waals surface area contributed by atoms with Crippen molar-refractivity contribution < 1.29 is 9.47 Å². The molecule has 1 aliphatic carbocycles. The van der Waals surface area contributed by atoms with Crippen LogP contribution in [0.2, 0.25) is 0 Å². The van der Waals surface area contributed by atoms with Crippen LogP contribution in [0.15, 0.2) is 24.3 Å². The second kappa shape index (κ2) is 9.72. The van der Waals surface area contributed by atoms with E-state index in [-0.39, 0.29) is 0 Å². The lowest BCUT2D eigenvalue weighted by Crippen LogP contribution is -2.44. The van der Waals surface area contributed by atoms with E-state index in [1.54, 1.807) is 14.2 Å². The predicted molar refractivity (Wildman–Crippen MR) is 107 cm³/mol. The molecule has 4 nitrogen and oxygen atoms in total. The van der Waals surface area contributed by atoms with Gasteiger partial charge in [0.05, 0.1) is 7.11 Å². The van der Waals surface area contributed by atoms with Crippen molar-refractivity contribution in [1.82, 2.24) is 10.2 Å². The van der Waals surface area contributed by atoms with Crippen LogP contribution in [0.25, 0.3) is 0 Å². The highest BCUT2D eigenvalue weighted by Gasteiger charge is 2.37. The Morgan fingerprint density at radius 3 is 2.35 bits per heavy atom. The van der Waals surface area contributed by atoms with Crippen LogP contribution in [0.4, 0.5) is 0 Å².